The Kier molecular flexibility index (Phi) is 4.09. The molecule has 3 nitrogen and oxygen atoms in total. The standard InChI is InChI=1S/C11H15ClFN3/c12-10-8-15-2-1-9(10)11(7-13)16-5-3-14-4-6-16/h1-2,8,11,14H,3-7H2/t11-/m0/s1. The Bertz CT molecular complexity index is 342. The first-order valence-electron chi connectivity index (χ1n) is 5.43. The Morgan fingerprint density at radius 2 is 2.25 bits per heavy atom. The van der Waals surface area contributed by atoms with Crippen LogP contribution in [0.2, 0.25) is 5.02 Å². The van der Waals surface area contributed by atoms with E-state index in [4.69, 9.17) is 11.6 Å². The van der Waals surface area contributed by atoms with E-state index in [2.05, 4.69) is 15.2 Å². The Balaban J connectivity index is 2.18. The number of piperazine rings is 1. The first-order valence-corrected chi connectivity index (χ1v) is 5.81. The molecule has 88 valence electrons. The molecule has 0 amide bonds. The summed E-state index contributed by atoms with van der Waals surface area (Å²) >= 11 is 6.05. The van der Waals surface area contributed by atoms with Crippen molar-refractivity contribution in [1.82, 2.24) is 15.2 Å². The number of pyridine rings is 1. The number of nitrogens with one attached hydrogen (secondary N) is 1. The third-order valence-electron chi connectivity index (χ3n) is 2.90. The minimum absolute atomic E-state index is 0.238. The highest BCUT2D eigenvalue weighted by atomic mass is 35.5. The van der Waals surface area contributed by atoms with Crippen molar-refractivity contribution in [1.29, 1.82) is 0 Å². The van der Waals surface area contributed by atoms with Crippen molar-refractivity contribution in [3.63, 3.8) is 0 Å². The van der Waals surface area contributed by atoms with Crippen LogP contribution in [0.5, 0.6) is 0 Å². The van der Waals surface area contributed by atoms with E-state index in [0.29, 0.717) is 5.02 Å². The van der Waals surface area contributed by atoms with E-state index in [-0.39, 0.29) is 6.04 Å². The van der Waals surface area contributed by atoms with Crippen molar-refractivity contribution in [2.75, 3.05) is 32.9 Å². The van der Waals surface area contributed by atoms with Crippen molar-refractivity contribution >= 4 is 11.6 Å². The van der Waals surface area contributed by atoms with Crippen LogP contribution in [0.3, 0.4) is 0 Å². The summed E-state index contributed by atoms with van der Waals surface area (Å²) in [5.41, 5.74) is 0.834. The third-order valence-corrected chi connectivity index (χ3v) is 3.22. The van der Waals surface area contributed by atoms with Gasteiger partial charge in [0.05, 0.1) is 11.1 Å². The van der Waals surface area contributed by atoms with Gasteiger partial charge in [0.15, 0.2) is 0 Å². The van der Waals surface area contributed by atoms with E-state index in [1.54, 1.807) is 18.5 Å². The molecule has 0 saturated carbocycles. The highest BCUT2D eigenvalue weighted by molar-refractivity contribution is 6.31. The molecule has 0 aliphatic carbocycles. The van der Waals surface area contributed by atoms with Crippen molar-refractivity contribution in [2.24, 2.45) is 0 Å². The van der Waals surface area contributed by atoms with Crippen molar-refractivity contribution < 1.29 is 4.39 Å². The first-order chi connectivity index (χ1) is 7.83. The molecule has 1 fully saturated rings. The van der Waals surface area contributed by atoms with Gasteiger partial charge in [0.2, 0.25) is 0 Å². The van der Waals surface area contributed by atoms with Crippen LogP contribution in [0.4, 0.5) is 4.39 Å². The first kappa shape index (κ1) is 11.8. The molecule has 1 aliphatic rings. The zero-order valence-corrected chi connectivity index (χ0v) is 9.75. The minimum atomic E-state index is -0.413. The van der Waals surface area contributed by atoms with Crippen molar-refractivity contribution in [3.05, 3.63) is 29.0 Å². The minimum Gasteiger partial charge on any atom is -0.314 e. The molecule has 1 aromatic rings. The molecule has 1 aliphatic heterocycles. The molecule has 1 N–H and O–H groups in total. The summed E-state index contributed by atoms with van der Waals surface area (Å²) < 4.78 is 13.2. The van der Waals surface area contributed by atoms with Crippen LogP contribution >= 0.6 is 11.6 Å². The van der Waals surface area contributed by atoms with Gasteiger partial charge in [-0.25, -0.2) is 4.39 Å². The average molecular weight is 244 g/mol. The third kappa shape index (κ3) is 2.51. The number of hydrogen-bond donors (Lipinski definition) is 1. The van der Waals surface area contributed by atoms with E-state index in [1.807, 2.05) is 0 Å². The molecule has 0 unspecified atom stereocenters. The Labute approximate surface area is 99.6 Å². The second kappa shape index (κ2) is 5.57. The lowest BCUT2D eigenvalue weighted by Gasteiger charge is -2.33. The fourth-order valence-corrected chi connectivity index (χ4v) is 2.27. The van der Waals surface area contributed by atoms with Gasteiger partial charge in [-0.3, -0.25) is 9.88 Å². The molecule has 1 atom stereocenters. The number of nitrogens with zero attached hydrogens (tertiary/aromatic N) is 2. The van der Waals surface area contributed by atoms with Crippen molar-refractivity contribution in [3.8, 4) is 0 Å². The lowest BCUT2D eigenvalue weighted by atomic mass is 10.1. The van der Waals surface area contributed by atoms with Gasteiger partial charge < -0.3 is 5.32 Å². The summed E-state index contributed by atoms with van der Waals surface area (Å²) in [6, 6.07) is 1.56. The number of halogens is 2. The van der Waals surface area contributed by atoms with Gasteiger partial charge >= 0.3 is 0 Å². The average Bonchev–Trinajstić information content (AvgIpc) is 2.34. The summed E-state index contributed by atoms with van der Waals surface area (Å²) in [6.07, 6.45) is 3.23. The van der Waals surface area contributed by atoms with Gasteiger partial charge in [0, 0.05) is 38.6 Å². The van der Waals surface area contributed by atoms with Crippen molar-refractivity contribution in [2.45, 2.75) is 6.04 Å². The largest absolute Gasteiger partial charge is 0.314 e. The molecule has 16 heavy (non-hydrogen) atoms. The zero-order valence-electron chi connectivity index (χ0n) is 9.00. The Hall–Kier alpha value is -0.710. The van der Waals surface area contributed by atoms with E-state index in [0.717, 1.165) is 31.7 Å². The molecule has 0 radical (unpaired) electrons. The second-order valence-electron chi connectivity index (χ2n) is 3.85. The molecular weight excluding hydrogens is 229 g/mol. The lowest BCUT2D eigenvalue weighted by molar-refractivity contribution is 0.147. The van der Waals surface area contributed by atoms with E-state index in [9.17, 15) is 4.39 Å². The smallest absolute Gasteiger partial charge is 0.109 e. The van der Waals surface area contributed by atoms with E-state index < -0.39 is 6.67 Å². The summed E-state index contributed by atoms with van der Waals surface area (Å²) in [5.74, 6) is 0. The van der Waals surface area contributed by atoms with Crippen LogP contribution < -0.4 is 5.32 Å². The molecular formula is C11H15ClFN3. The number of alkyl halides is 1. The van der Waals surface area contributed by atoms with Crippen LogP contribution in [0.15, 0.2) is 18.5 Å². The maximum atomic E-state index is 13.2. The SMILES string of the molecule is FC[C@@H](c1ccncc1Cl)N1CCNCC1. The lowest BCUT2D eigenvalue weighted by Crippen LogP contribution is -2.45. The molecule has 2 rings (SSSR count). The maximum Gasteiger partial charge on any atom is 0.109 e. The Morgan fingerprint density at radius 3 is 2.88 bits per heavy atom. The second-order valence-corrected chi connectivity index (χ2v) is 4.26. The zero-order chi connectivity index (χ0) is 11.4. The molecule has 5 heteroatoms. The number of rotatable bonds is 3. The summed E-state index contributed by atoms with van der Waals surface area (Å²) in [7, 11) is 0. The maximum absolute atomic E-state index is 13.2. The topological polar surface area (TPSA) is 28.2 Å². The fourth-order valence-electron chi connectivity index (χ4n) is 2.03. The number of hydrogen-bond acceptors (Lipinski definition) is 3. The normalized spacial score (nSPS) is 19.6. The van der Waals surface area contributed by atoms with Gasteiger partial charge in [-0.2, -0.15) is 0 Å². The van der Waals surface area contributed by atoms with Gasteiger partial charge in [0.25, 0.3) is 0 Å². The van der Waals surface area contributed by atoms with Gasteiger partial charge in [0.1, 0.15) is 6.67 Å². The summed E-state index contributed by atoms with van der Waals surface area (Å²) in [4.78, 5) is 6.04. The predicted octanol–water partition coefficient (Wildman–Crippen LogP) is 1.65. The molecule has 0 spiro atoms. The van der Waals surface area contributed by atoms with Crippen LogP contribution in [-0.2, 0) is 0 Å². The quantitative estimate of drug-likeness (QED) is 0.875. The monoisotopic (exact) mass is 243 g/mol. The van der Waals surface area contributed by atoms with Gasteiger partial charge in [-0.05, 0) is 11.6 Å². The fraction of sp³-hybridized carbons (Fsp3) is 0.545. The van der Waals surface area contributed by atoms with Crippen LogP contribution in [0.1, 0.15) is 11.6 Å². The van der Waals surface area contributed by atoms with Gasteiger partial charge in [-0.1, -0.05) is 11.6 Å². The predicted molar refractivity (Wildman–Crippen MR) is 62.4 cm³/mol. The molecule has 1 saturated heterocycles. The molecule has 2 heterocycles. The van der Waals surface area contributed by atoms with Gasteiger partial charge in [-0.15, -0.1) is 0 Å². The highest BCUT2D eigenvalue weighted by Crippen LogP contribution is 2.27. The summed E-state index contributed by atoms with van der Waals surface area (Å²) in [5, 5.41) is 3.80. The number of aromatic nitrogens is 1. The van der Waals surface area contributed by atoms with E-state index in [1.165, 1.54) is 0 Å². The van der Waals surface area contributed by atoms with E-state index >= 15 is 0 Å². The molecule has 0 bridgehead atoms. The molecule has 0 aromatic carbocycles. The Morgan fingerprint density at radius 1 is 1.50 bits per heavy atom. The van der Waals surface area contributed by atoms with Crippen LogP contribution in [0.25, 0.3) is 0 Å². The summed E-state index contributed by atoms with van der Waals surface area (Å²) in [6.45, 7) is 3.10. The highest BCUT2D eigenvalue weighted by Gasteiger charge is 2.23. The van der Waals surface area contributed by atoms with Crippen LogP contribution in [-0.4, -0.2) is 42.7 Å². The van der Waals surface area contributed by atoms with Crippen LogP contribution in [0, 0.1) is 0 Å². The molecule has 1 aromatic heterocycles.